The molecule has 1 aliphatic carbocycles. The van der Waals surface area contributed by atoms with Gasteiger partial charge in [0.1, 0.15) is 0 Å². The van der Waals surface area contributed by atoms with E-state index in [0.717, 1.165) is 66.7 Å². The zero-order valence-corrected chi connectivity index (χ0v) is 36.9. The van der Waals surface area contributed by atoms with Crippen molar-refractivity contribution >= 4 is 65.1 Å². The number of hydrogen-bond acceptors (Lipinski definition) is 6. The molecule has 13 rings (SSSR count). The fourth-order valence-corrected chi connectivity index (χ4v) is 12.6. The second-order valence-electron chi connectivity index (χ2n) is 17.1. The second-order valence-corrected chi connectivity index (χ2v) is 19.3. The van der Waals surface area contributed by atoms with Crippen molar-refractivity contribution in [3.63, 3.8) is 0 Å². The predicted octanol–water partition coefficient (Wildman–Crippen LogP) is 15.8. The summed E-state index contributed by atoms with van der Waals surface area (Å²) in [5, 5.41) is 5.07. The standard InChI is InChI=1S/C59H38N4S2/c1-59-30-8-7-21-53(59)65-57-45(17-10-19-48(57)59)42-32-41(44-16-9-18-47-46-15-5-6-20-52(46)64-56(44)47)33-43(34-42)51-35-50(62-58(63-51)40-12-3-2-4-13-40)37-24-22-36(23-25-37)49-29-28-39-27-26-38-14-11-31-60-54(38)55(39)61-49/h2-35,53H,1H3. The number of thioether (sulfide) groups is 1. The van der Waals surface area contributed by atoms with Gasteiger partial charge in [-0.25, -0.2) is 15.0 Å². The van der Waals surface area contributed by atoms with Gasteiger partial charge in [-0.3, -0.25) is 4.98 Å². The average molecular weight is 867 g/mol. The van der Waals surface area contributed by atoms with Crippen LogP contribution in [0.25, 0.3) is 109 Å². The van der Waals surface area contributed by atoms with E-state index in [0.29, 0.717) is 11.1 Å². The summed E-state index contributed by atoms with van der Waals surface area (Å²) in [4.78, 5) is 21.8. The Hall–Kier alpha value is -7.51. The normalized spacial score (nSPS) is 16.4. The lowest BCUT2D eigenvalue weighted by Gasteiger charge is -2.28. The largest absolute Gasteiger partial charge is 0.254 e. The van der Waals surface area contributed by atoms with Crippen LogP contribution < -0.4 is 0 Å². The van der Waals surface area contributed by atoms with Crippen LogP contribution in [0.4, 0.5) is 0 Å². The van der Waals surface area contributed by atoms with Crippen molar-refractivity contribution in [1.29, 1.82) is 0 Å². The summed E-state index contributed by atoms with van der Waals surface area (Å²) in [6.07, 6.45) is 11.0. The molecule has 0 saturated heterocycles. The van der Waals surface area contributed by atoms with Crippen molar-refractivity contribution < 1.29 is 0 Å². The number of thiophene rings is 1. The summed E-state index contributed by atoms with van der Waals surface area (Å²) in [6, 6.07) is 63.0. The third kappa shape index (κ3) is 6.35. The molecule has 7 aromatic carbocycles. The van der Waals surface area contributed by atoms with Crippen molar-refractivity contribution in [3.05, 3.63) is 212 Å². The van der Waals surface area contributed by atoms with Gasteiger partial charge in [0.05, 0.1) is 28.1 Å². The Bertz CT molecular complexity index is 3780. The van der Waals surface area contributed by atoms with Crippen LogP contribution in [0.3, 0.4) is 0 Å². The maximum Gasteiger partial charge on any atom is 0.160 e. The van der Waals surface area contributed by atoms with Gasteiger partial charge >= 0.3 is 0 Å². The molecule has 4 nitrogen and oxygen atoms in total. The van der Waals surface area contributed by atoms with Crippen LogP contribution in [0, 0.1) is 0 Å². The van der Waals surface area contributed by atoms with Gasteiger partial charge in [-0.2, -0.15) is 0 Å². The number of rotatable bonds is 6. The van der Waals surface area contributed by atoms with Crippen LogP contribution in [0.5, 0.6) is 0 Å². The summed E-state index contributed by atoms with van der Waals surface area (Å²) < 4.78 is 2.58. The molecule has 0 fully saturated rings. The quantitative estimate of drug-likeness (QED) is 0.156. The van der Waals surface area contributed by atoms with E-state index in [4.69, 9.17) is 15.0 Å². The Morgan fingerprint density at radius 3 is 2.05 bits per heavy atom. The Morgan fingerprint density at radius 2 is 1.18 bits per heavy atom. The highest BCUT2D eigenvalue weighted by Crippen LogP contribution is 2.55. The monoisotopic (exact) mass is 866 g/mol. The third-order valence-corrected chi connectivity index (χ3v) is 16.0. The molecule has 2 atom stereocenters. The van der Waals surface area contributed by atoms with Gasteiger partial charge in [0, 0.05) is 75.0 Å². The Balaban J connectivity index is 0.985. The van der Waals surface area contributed by atoms with Gasteiger partial charge < -0.3 is 0 Å². The van der Waals surface area contributed by atoms with Crippen LogP contribution in [0.2, 0.25) is 0 Å². The number of hydrogen-bond donors (Lipinski definition) is 0. The minimum Gasteiger partial charge on any atom is -0.254 e. The van der Waals surface area contributed by atoms with Gasteiger partial charge in [0.15, 0.2) is 5.82 Å². The first kappa shape index (κ1) is 38.0. The first-order chi connectivity index (χ1) is 32.0. The van der Waals surface area contributed by atoms with E-state index in [9.17, 15) is 0 Å². The Labute approximate surface area is 384 Å². The summed E-state index contributed by atoms with van der Waals surface area (Å²) >= 11 is 3.85. The third-order valence-electron chi connectivity index (χ3n) is 13.2. The van der Waals surface area contributed by atoms with Crippen LogP contribution >= 0.6 is 23.1 Å². The Kier molecular flexibility index (Phi) is 8.80. The average Bonchev–Trinajstić information content (AvgIpc) is 3.91. The molecule has 4 aromatic heterocycles. The number of allylic oxidation sites excluding steroid dienone is 3. The number of nitrogens with zero attached hydrogens (tertiary/aromatic N) is 4. The highest BCUT2D eigenvalue weighted by Gasteiger charge is 2.42. The number of fused-ring (bicyclic) bond motifs is 9. The lowest BCUT2D eigenvalue weighted by atomic mass is 9.76. The van der Waals surface area contributed by atoms with E-state index in [1.165, 1.54) is 47.3 Å². The Morgan fingerprint density at radius 1 is 0.492 bits per heavy atom. The summed E-state index contributed by atoms with van der Waals surface area (Å²) in [5.74, 6) is 0.683. The molecule has 0 bridgehead atoms. The van der Waals surface area contributed by atoms with E-state index in [2.05, 4.69) is 200 Å². The molecule has 306 valence electrons. The summed E-state index contributed by atoms with van der Waals surface area (Å²) in [6.45, 7) is 2.38. The molecule has 2 aliphatic rings. The van der Waals surface area contributed by atoms with Crippen molar-refractivity contribution in [2.24, 2.45) is 0 Å². The van der Waals surface area contributed by atoms with Gasteiger partial charge in [0.2, 0.25) is 0 Å². The SMILES string of the molecule is CC12C=CC=CC1Sc1c(-c3cc(-c4cc(-c5ccc(-c6ccc7ccc8cccnc8c7n6)cc5)nc(-c5ccccc5)n4)cc(-c4cccc5c4sc4ccccc45)c3)cccc12. The van der Waals surface area contributed by atoms with Crippen molar-refractivity contribution in [3.8, 4) is 67.4 Å². The van der Waals surface area contributed by atoms with Gasteiger partial charge in [-0.15, -0.1) is 23.1 Å². The highest BCUT2D eigenvalue weighted by molar-refractivity contribution is 8.00. The molecule has 0 saturated carbocycles. The summed E-state index contributed by atoms with van der Waals surface area (Å²) in [5.41, 5.74) is 14.6. The van der Waals surface area contributed by atoms with Crippen molar-refractivity contribution in [1.82, 2.24) is 19.9 Å². The molecule has 2 unspecified atom stereocenters. The summed E-state index contributed by atoms with van der Waals surface area (Å²) in [7, 11) is 0. The van der Waals surface area contributed by atoms with Gasteiger partial charge in [-0.05, 0) is 70.3 Å². The zero-order chi connectivity index (χ0) is 43.1. The van der Waals surface area contributed by atoms with Crippen LogP contribution in [-0.2, 0) is 5.41 Å². The highest BCUT2D eigenvalue weighted by atomic mass is 32.2. The first-order valence-electron chi connectivity index (χ1n) is 22.0. The molecule has 11 aromatic rings. The van der Waals surface area contributed by atoms with E-state index in [-0.39, 0.29) is 5.41 Å². The van der Waals surface area contributed by atoms with Gasteiger partial charge in [-0.1, -0.05) is 165 Å². The molecule has 1 aliphatic heterocycles. The second kappa shape index (κ2) is 15.1. The fraction of sp³-hybridized carbons (Fsp3) is 0.0508. The number of benzene rings is 7. The van der Waals surface area contributed by atoms with E-state index < -0.39 is 0 Å². The molecule has 0 amide bonds. The van der Waals surface area contributed by atoms with Crippen LogP contribution in [-0.4, -0.2) is 25.2 Å². The van der Waals surface area contributed by atoms with Crippen LogP contribution in [0.1, 0.15) is 12.5 Å². The zero-order valence-electron chi connectivity index (χ0n) is 35.3. The lowest BCUT2D eigenvalue weighted by Crippen LogP contribution is -2.28. The van der Waals surface area contributed by atoms with E-state index >= 15 is 0 Å². The van der Waals surface area contributed by atoms with Gasteiger partial charge in [0.25, 0.3) is 0 Å². The van der Waals surface area contributed by atoms with Crippen molar-refractivity contribution in [2.45, 2.75) is 22.5 Å². The first-order valence-corrected chi connectivity index (χ1v) is 23.7. The lowest BCUT2D eigenvalue weighted by molar-refractivity contribution is 0.620. The molecule has 6 heteroatoms. The molecular formula is C59H38N4S2. The fourth-order valence-electron chi connectivity index (χ4n) is 9.78. The number of aromatic nitrogens is 4. The van der Waals surface area contributed by atoms with E-state index in [1.807, 2.05) is 41.4 Å². The molecular weight excluding hydrogens is 829 g/mol. The molecule has 0 N–H and O–H groups in total. The van der Waals surface area contributed by atoms with Crippen molar-refractivity contribution in [2.75, 3.05) is 0 Å². The molecule has 5 heterocycles. The maximum atomic E-state index is 5.38. The molecule has 0 spiro atoms. The smallest absolute Gasteiger partial charge is 0.160 e. The topological polar surface area (TPSA) is 51.6 Å². The minimum absolute atomic E-state index is 0.0640. The molecule has 65 heavy (non-hydrogen) atoms. The number of pyridine rings is 2. The minimum atomic E-state index is -0.0640. The van der Waals surface area contributed by atoms with Crippen LogP contribution in [0.15, 0.2) is 211 Å². The maximum absolute atomic E-state index is 5.38. The van der Waals surface area contributed by atoms with E-state index in [1.54, 1.807) is 0 Å². The predicted molar refractivity (Wildman–Crippen MR) is 273 cm³/mol. The molecule has 0 radical (unpaired) electrons.